The van der Waals surface area contributed by atoms with Crippen molar-refractivity contribution in [2.45, 2.75) is 31.8 Å². The highest BCUT2D eigenvalue weighted by Gasteiger charge is 2.42. The van der Waals surface area contributed by atoms with Crippen molar-refractivity contribution in [3.05, 3.63) is 53.4 Å². The summed E-state index contributed by atoms with van der Waals surface area (Å²) < 4.78 is 29.5. The summed E-state index contributed by atoms with van der Waals surface area (Å²) in [6.07, 6.45) is 2.41. The first-order valence-electron chi connectivity index (χ1n) is 8.05. The zero-order valence-corrected chi connectivity index (χ0v) is 16.5. The van der Waals surface area contributed by atoms with Crippen LogP contribution in [0.5, 0.6) is 0 Å². The molecule has 2 N–H and O–H groups in total. The quantitative estimate of drug-likeness (QED) is 0.409. The minimum Gasteiger partial charge on any atom is -0.357 e. The molecule has 0 amide bonds. The van der Waals surface area contributed by atoms with E-state index in [2.05, 4.69) is 20.7 Å². The SMILES string of the molecule is CCNC(=NCc1ccnn1C)NC1CC1c1c(F)cccc1F.I. The lowest BCUT2D eigenvalue weighted by molar-refractivity contribution is 0.553. The molecular formula is C17H22F2IN5. The monoisotopic (exact) mass is 461 g/mol. The van der Waals surface area contributed by atoms with E-state index in [0.29, 0.717) is 25.5 Å². The maximum atomic E-state index is 13.9. The van der Waals surface area contributed by atoms with Gasteiger partial charge >= 0.3 is 0 Å². The fourth-order valence-corrected chi connectivity index (χ4v) is 2.75. The van der Waals surface area contributed by atoms with E-state index >= 15 is 0 Å². The van der Waals surface area contributed by atoms with Gasteiger partial charge in [-0.1, -0.05) is 6.07 Å². The van der Waals surface area contributed by atoms with Crippen LogP contribution in [0.2, 0.25) is 0 Å². The van der Waals surface area contributed by atoms with E-state index in [0.717, 1.165) is 5.69 Å². The molecule has 1 aliphatic carbocycles. The zero-order chi connectivity index (χ0) is 17.1. The molecule has 0 spiro atoms. The predicted octanol–water partition coefficient (Wildman–Crippen LogP) is 2.93. The summed E-state index contributed by atoms with van der Waals surface area (Å²) in [6.45, 7) is 3.17. The average molecular weight is 461 g/mol. The smallest absolute Gasteiger partial charge is 0.191 e. The van der Waals surface area contributed by atoms with E-state index < -0.39 is 11.6 Å². The molecule has 3 rings (SSSR count). The third-order valence-corrected chi connectivity index (χ3v) is 4.15. The van der Waals surface area contributed by atoms with Crippen molar-refractivity contribution in [3.63, 3.8) is 0 Å². The van der Waals surface area contributed by atoms with Crippen LogP contribution in [0.4, 0.5) is 8.78 Å². The summed E-state index contributed by atoms with van der Waals surface area (Å²) in [4.78, 5) is 4.52. The van der Waals surface area contributed by atoms with Crippen molar-refractivity contribution in [2.75, 3.05) is 6.54 Å². The fourth-order valence-electron chi connectivity index (χ4n) is 2.75. The first kappa shape index (κ1) is 19.6. The van der Waals surface area contributed by atoms with Gasteiger partial charge < -0.3 is 10.6 Å². The number of hydrogen-bond donors (Lipinski definition) is 2. The van der Waals surface area contributed by atoms with Gasteiger partial charge in [-0.15, -0.1) is 24.0 Å². The molecule has 0 bridgehead atoms. The lowest BCUT2D eigenvalue weighted by atomic mass is 10.1. The molecule has 0 radical (unpaired) electrons. The first-order chi connectivity index (χ1) is 11.6. The van der Waals surface area contributed by atoms with Gasteiger partial charge in [-0.3, -0.25) is 4.68 Å². The van der Waals surface area contributed by atoms with Crippen LogP contribution in [0.1, 0.15) is 30.5 Å². The van der Waals surface area contributed by atoms with Crippen LogP contribution in [0, 0.1) is 11.6 Å². The van der Waals surface area contributed by atoms with E-state index in [4.69, 9.17) is 0 Å². The van der Waals surface area contributed by atoms with E-state index in [1.54, 1.807) is 10.9 Å². The second-order valence-electron chi connectivity index (χ2n) is 5.87. The minimum atomic E-state index is -0.485. The van der Waals surface area contributed by atoms with Crippen LogP contribution in [0.3, 0.4) is 0 Å². The number of hydrogen-bond acceptors (Lipinski definition) is 2. The van der Waals surface area contributed by atoms with Crippen molar-refractivity contribution < 1.29 is 8.78 Å². The Morgan fingerprint density at radius 3 is 2.64 bits per heavy atom. The molecule has 1 fully saturated rings. The second kappa shape index (κ2) is 8.59. The fraction of sp³-hybridized carbons (Fsp3) is 0.412. The highest BCUT2D eigenvalue weighted by atomic mass is 127. The van der Waals surface area contributed by atoms with Gasteiger partial charge in [0.1, 0.15) is 11.6 Å². The molecule has 2 atom stereocenters. The molecule has 8 heteroatoms. The number of guanidine groups is 1. The Balaban J connectivity index is 0.00000225. The normalized spacial score (nSPS) is 19.3. The van der Waals surface area contributed by atoms with E-state index in [1.807, 2.05) is 20.0 Å². The van der Waals surface area contributed by atoms with Gasteiger partial charge in [0.05, 0.1) is 12.2 Å². The van der Waals surface area contributed by atoms with Crippen LogP contribution in [-0.4, -0.2) is 28.3 Å². The number of nitrogens with zero attached hydrogens (tertiary/aromatic N) is 3. The summed E-state index contributed by atoms with van der Waals surface area (Å²) in [6, 6.07) is 5.88. The van der Waals surface area contributed by atoms with E-state index in [-0.39, 0.29) is 41.5 Å². The van der Waals surface area contributed by atoms with E-state index in [9.17, 15) is 8.78 Å². The zero-order valence-electron chi connectivity index (χ0n) is 14.2. The summed E-state index contributed by atoms with van der Waals surface area (Å²) in [7, 11) is 1.86. The predicted molar refractivity (Wildman–Crippen MR) is 104 cm³/mol. The lowest BCUT2D eigenvalue weighted by Gasteiger charge is -2.12. The van der Waals surface area contributed by atoms with Crippen molar-refractivity contribution >= 4 is 29.9 Å². The molecule has 0 saturated heterocycles. The summed E-state index contributed by atoms with van der Waals surface area (Å²) in [5.74, 6) is -0.489. The van der Waals surface area contributed by atoms with Crippen molar-refractivity contribution in [1.29, 1.82) is 0 Å². The molecular weight excluding hydrogens is 439 g/mol. The van der Waals surface area contributed by atoms with Gasteiger partial charge in [0.15, 0.2) is 5.96 Å². The molecule has 1 heterocycles. The summed E-state index contributed by atoms with van der Waals surface area (Å²) in [5, 5.41) is 10.5. The number of rotatable bonds is 5. The van der Waals surface area contributed by atoms with Gasteiger partial charge in [0.25, 0.3) is 0 Å². The van der Waals surface area contributed by atoms with Crippen LogP contribution in [-0.2, 0) is 13.6 Å². The van der Waals surface area contributed by atoms with Crippen LogP contribution < -0.4 is 10.6 Å². The third-order valence-electron chi connectivity index (χ3n) is 4.15. The average Bonchev–Trinajstić information content (AvgIpc) is 3.16. The Morgan fingerprint density at radius 1 is 1.32 bits per heavy atom. The minimum absolute atomic E-state index is 0. The Kier molecular flexibility index (Phi) is 6.74. The molecule has 25 heavy (non-hydrogen) atoms. The van der Waals surface area contributed by atoms with Crippen LogP contribution in [0.25, 0.3) is 0 Å². The Morgan fingerprint density at radius 2 is 2.04 bits per heavy atom. The number of aromatic nitrogens is 2. The van der Waals surface area contributed by atoms with Crippen LogP contribution in [0.15, 0.2) is 35.5 Å². The maximum Gasteiger partial charge on any atom is 0.191 e. The topological polar surface area (TPSA) is 54.2 Å². The van der Waals surface area contributed by atoms with Crippen molar-refractivity contribution in [3.8, 4) is 0 Å². The summed E-state index contributed by atoms with van der Waals surface area (Å²) >= 11 is 0. The Bertz CT molecular complexity index is 726. The van der Waals surface area contributed by atoms with Crippen molar-refractivity contribution in [1.82, 2.24) is 20.4 Å². The largest absolute Gasteiger partial charge is 0.357 e. The summed E-state index contributed by atoms with van der Waals surface area (Å²) in [5.41, 5.74) is 1.15. The molecule has 136 valence electrons. The Labute approximate surface area is 162 Å². The van der Waals surface area contributed by atoms with Crippen molar-refractivity contribution in [2.24, 2.45) is 12.0 Å². The van der Waals surface area contributed by atoms with Gasteiger partial charge in [-0.05, 0) is 31.5 Å². The van der Waals surface area contributed by atoms with E-state index in [1.165, 1.54) is 18.2 Å². The molecule has 5 nitrogen and oxygen atoms in total. The van der Waals surface area contributed by atoms with Crippen LogP contribution >= 0.6 is 24.0 Å². The second-order valence-corrected chi connectivity index (χ2v) is 5.87. The van der Waals surface area contributed by atoms with Gasteiger partial charge in [0, 0.05) is 37.3 Å². The van der Waals surface area contributed by atoms with Gasteiger partial charge in [-0.2, -0.15) is 5.10 Å². The molecule has 1 aromatic heterocycles. The lowest BCUT2D eigenvalue weighted by Crippen LogP contribution is -2.39. The molecule has 1 aromatic carbocycles. The number of aliphatic imine (C=N–C) groups is 1. The maximum absolute atomic E-state index is 13.9. The molecule has 2 unspecified atom stereocenters. The highest BCUT2D eigenvalue weighted by Crippen LogP contribution is 2.43. The number of aryl methyl sites for hydroxylation is 1. The number of benzene rings is 1. The Hall–Kier alpha value is -1.71. The molecule has 1 aliphatic rings. The standard InChI is InChI=1S/C17H21F2N5.HI/c1-3-20-17(21-10-11-7-8-22-24(11)2)23-15-9-12(15)16-13(18)5-4-6-14(16)19;/h4-8,12,15H,3,9-10H2,1-2H3,(H2,20,21,23);1H. The third kappa shape index (κ3) is 4.68. The van der Waals surface area contributed by atoms with Gasteiger partial charge in [0.2, 0.25) is 0 Å². The number of nitrogens with one attached hydrogen (secondary N) is 2. The molecule has 2 aromatic rings. The number of halogens is 3. The van der Waals surface area contributed by atoms with Gasteiger partial charge in [-0.25, -0.2) is 13.8 Å². The molecule has 0 aliphatic heterocycles. The molecule has 1 saturated carbocycles. The first-order valence-corrected chi connectivity index (χ1v) is 8.05. The highest BCUT2D eigenvalue weighted by molar-refractivity contribution is 14.0.